The predicted molar refractivity (Wildman–Crippen MR) is 96.5 cm³/mol. The number of aliphatic hydroxyl groups is 1. The molecule has 6 heteroatoms. The molecule has 0 aliphatic heterocycles. The van der Waals surface area contributed by atoms with E-state index in [2.05, 4.69) is 10.4 Å². The zero-order chi connectivity index (χ0) is 17.1. The molecule has 5 nitrogen and oxygen atoms in total. The van der Waals surface area contributed by atoms with Gasteiger partial charge in [0.05, 0.1) is 18.0 Å². The number of nitrogens with zero attached hydrogens (tertiary/aromatic N) is 2. The Labute approximate surface area is 144 Å². The lowest BCUT2D eigenvalue weighted by Gasteiger charge is -2.09. The number of aromatic nitrogens is 2. The standard InChI is InChI=1S/C18H19N3O2S/c1-12-8-13(2)10-14(9-12)18(23)19-17-11-15(16-4-3-7-24-16)20-21(17)5-6-22/h3-4,7-11,22H,5-6H2,1-2H3,(H,19,23). The highest BCUT2D eigenvalue weighted by Gasteiger charge is 2.14. The van der Waals surface area contributed by atoms with Crippen molar-refractivity contribution in [2.45, 2.75) is 20.4 Å². The van der Waals surface area contributed by atoms with Crippen molar-refractivity contribution in [3.8, 4) is 10.6 Å². The SMILES string of the molecule is Cc1cc(C)cc(C(=O)Nc2cc(-c3cccs3)nn2CCO)c1. The van der Waals surface area contributed by atoms with Gasteiger partial charge in [-0.2, -0.15) is 5.10 Å². The average Bonchev–Trinajstić information content (AvgIpc) is 3.17. The Hall–Kier alpha value is -2.44. The van der Waals surface area contributed by atoms with Crippen LogP contribution >= 0.6 is 11.3 Å². The molecule has 0 fully saturated rings. The normalized spacial score (nSPS) is 10.8. The van der Waals surface area contributed by atoms with Crippen molar-refractivity contribution in [3.05, 3.63) is 58.5 Å². The molecule has 3 aromatic rings. The number of carbonyl (C=O) groups excluding carboxylic acids is 1. The van der Waals surface area contributed by atoms with E-state index in [1.165, 1.54) is 0 Å². The monoisotopic (exact) mass is 341 g/mol. The van der Waals surface area contributed by atoms with Gasteiger partial charge in [-0.3, -0.25) is 4.79 Å². The molecule has 0 aliphatic carbocycles. The molecule has 0 aliphatic rings. The van der Waals surface area contributed by atoms with Crippen LogP contribution < -0.4 is 5.32 Å². The fourth-order valence-corrected chi connectivity index (χ4v) is 3.30. The molecule has 1 aromatic carbocycles. The van der Waals surface area contributed by atoms with E-state index in [0.717, 1.165) is 21.7 Å². The fourth-order valence-electron chi connectivity index (χ4n) is 2.62. The van der Waals surface area contributed by atoms with E-state index < -0.39 is 0 Å². The van der Waals surface area contributed by atoms with Crippen LogP contribution in [0.1, 0.15) is 21.5 Å². The second-order valence-corrected chi connectivity index (χ2v) is 6.62. The van der Waals surface area contributed by atoms with E-state index in [0.29, 0.717) is 17.9 Å². The van der Waals surface area contributed by atoms with Gasteiger partial charge in [0.15, 0.2) is 0 Å². The van der Waals surface area contributed by atoms with Gasteiger partial charge >= 0.3 is 0 Å². The van der Waals surface area contributed by atoms with Gasteiger partial charge in [-0.1, -0.05) is 23.3 Å². The molecule has 3 rings (SSSR count). The van der Waals surface area contributed by atoms with Crippen molar-refractivity contribution >= 4 is 23.1 Å². The molecule has 0 bridgehead atoms. The number of benzene rings is 1. The Balaban J connectivity index is 1.89. The summed E-state index contributed by atoms with van der Waals surface area (Å²) in [5, 5.41) is 18.6. The van der Waals surface area contributed by atoms with Crippen molar-refractivity contribution < 1.29 is 9.90 Å². The van der Waals surface area contributed by atoms with Crippen LogP contribution in [0.5, 0.6) is 0 Å². The molecule has 24 heavy (non-hydrogen) atoms. The Morgan fingerprint density at radius 1 is 1.25 bits per heavy atom. The zero-order valence-corrected chi connectivity index (χ0v) is 14.4. The molecule has 0 saturated carbocycles. The van der Waals surface area contributed by atoms with Crippen LogP contribution in [0.2, 0.25) is 0 Å². The van der Waals surface area contributed by atoms with E-state index in [4.69, 9.17) is 0 Å². The molecule has 2 aromatic heterocycles. The summed E-state index contributed by atoms with van der Waals surface area (Å²) in [6, 6.07) is 11.5. The summed E-state index contributed by atoms with van der Waals surface area (Å²) >= 11 is 1.58. The number of aryl methyl sites for hydroxylation is 2. The van der Waals surface area contributed by atoms with Crippen molar-refractivity contribution in [2.75, 3.05) is 11.9 Å². The number of thiophene rings is 1. The van der Waals surface area contributed by atoms with Gasteiger partial charge in [0.1, 0.15) is 11.5 Å². The Morgan fingerprint density at radius 3 is 2.62 bits per heavy atom. The first-order chi connectivity index (χ1) is 11.6. The minimum atomic E-state index is -0.182. The molecule has 0 atom stereocenters. The topological polar surface area (TPSA) is 67.2 Å². The van der Waals surface area contributed by atoms with Gasteiger partial charge in [-0.15, -0.1) is 11.3 Å². The quantitative estimate of drug-likeness (QED) is 0.747. The van der Waals surface area contributed by atoms with E-state index in [1.807, 2.05) is 55.6 Å². The maximum absolute atomic E-state index is 12.6. The predicted octanol–water partition coefficient (Wildman–Crippen LogP) is 3.47. The van der Waals surface area contributed by atoms with Crippen LogP contribution in [-0.2, 0) is 6.54 Å². The first kappa shape index (κ1) is 16.4. The van der Waals surface area contributed by atoms with E-state index in [1.54, 1.807) is 16.0 Å². The van der Waals surface area contributed by atoms with Crippen LogP contribution in [0.15, 0.2) is 41.8 Å². The van der Waals surface area contributed by atoms with Crippen LogP contribution in [-0.4, -0.2) is 27.4 Å². The van der Waals surface area contributed by atoms with Gasteiger partial charge in [0, 0.05) is 11.6 Å². The smallest absolute Gasteiger partial charge is 0.256 e. The fraction of sp³-hybridized carbons (Fsp3) is 0.222. The highest BCUT2D eigenvalue weighted by atomic mass is 32.1. The van der Waals surface area contributed by atoms with Gasteiger partial charge in [0.25, 0.3) is 5.91 Å². The maximum atomic E-state index is 12.6. The number of rotatable bonds is 5. The summed E-state index contributed by atoms with van der Waals surface area (Å²) < 4.78 is 1.62. The van der Waals surface area contributed by atoms with Gasteiger partial charge in [-0.25, -0.2) is 4.68 Å². The van der Waals surface area contributed by atoms with Crippen molar-refractivity contribution in [1.82, 2.24) is 9.78 Å². The highest BCUT2D eigenvalue weighted by Crippen LogP contribution is 2.26. The molecular weight excluding hydrogens is 322 g/mol. The van der Waals surface area contributed by atoms with E-state index >= 15 is 0 Å². The number of hydrogen-bond donors (Lipinski definition) is 2. The molecule has 1 amide bonds. The Morgan fingerprint density at radius 2 is 2.00 bits per heavy atom. The lowest BCUT2D eigenvalue weighted by Crippen LogP contribution is -2.17. The number of amides is 1. The summed E-state index contributed by atoms with van der Waals surface area (Å²) in [6.07, 6.45) is 0. The summed E-state index contributed by atoms with van der Waals surface area (Å²) in [5.41, 5.74) is 3.49. The highest BCUT2D eigenvalue weighted by molar-refractivity contribution is 7.13. The van der Waals surface area contributed by atoms with Crippen molar-refractivity contribution in [3.63, 3.8) is 0 Å². The van der Waals surface area contributed by atoms with Crippen LogP contribution in [0.4, 0.5) is 5.82 Å². The van der Waals surface area contributed by atoms with E-state index in [9.17, 15) is 9.90 Å². The largest absolute Gasteiger partial charge is 0.394 e. The van der Waals surface area contributed by atoms with Crippen molar-refractivity contribution in [2.24, 2.45) is 0 Å². The summed E-state index contributed by atoms with van der Waals surface area (Å²) in [4.78, 5) is 13.6. The number of anilines is 1. The Kier molecular flexibility index (Phi) is 4.78. The van der Waals surface area contributed by atoms with Crippen molar-refractivity contribution in [1.29, 1.82) is 0 Å². The number of hydrogen-bond acceptors (Lipinski definition) is 4. The molecule has 2 heterocycles. The second-order valence-electron chi connectivity index (χ2n) is 5.67. The third-order valence-corrected chi connectivity index (χ3v) is 4.48. The second kappa shape index (κ2) is 6.98. The van der Waals surface area contributed by atoms with E-state index in [-0.39, 0.29) is 12.5 Å². The van der Waals surface area contributed by atoms with Gasteiger partial charge in [-0.05, 0) is 37.4 Å². The Bertz CT molecular complexity index is 833. The summed E-state index contributed by atoms with van der Waals surface area (Å²) in [5.74, 6) is 0.398. The molecule has 0 saturated heterocycles. The van der Waals surface area contributed by atoms with Crippen LogP contribution in [0, 0.1) is 13.8 Å². The third-order valence-electron chi connectivity index (χ3n) is 3.59. The van der Waals surface area contributed by atoms with Gasteiger partial charge < -0.3 is 10.4 Å². The lowest BCUT2D eigenvalue weighted by atomic mass is 10.1. The number of nitrogens with one attached hydrogen (secondary N) is 1. The molecule has 124 valence electrons. The first-order valence-corrected chi connectivity index (χ1v) is 8.57. The lowest BCUT2D eigenvalue weighted by molar-refractivity contribution is 0.102. The third kappa shape index (κ3) is 3.55. The minimum absolute atomic E-state index is 0.0437. The molecule has 2 N–H and O–H groups in total. The minimum Gasteiger partial charge on any atom is -0.394 e. The molecular formula is C18H19N3O2S. The molecule has 0 unspecified atom stereocenters. The van der Waals surface area contributed by atoms with Gasteiger partial charge in [0.2, 0.25) is 0 Å². The zero-order valence-electron chi connectivity index (χ0n) is 13.6. The van der Waals surface area contributed by atoms with Crippen LogP contribution in [0.25, 0.3) is 10.6 Å². The molecule has 0 spiro atoms. The number of aliphatic hydroxyl groups excluding tert-OH is 1. The summed E-state index contributed by atoms with van der Waals surface area (Å²) in [7, 11) is 0. The average molecular weight is 341 g/mol. The summed E-state index contributed by atoms with van der Waals surface area (Å²) in [6.45, 7) is 4.22. The maximum Gasteiger partial charge on any atom is 0.256 e. The number of carbonyl (C=O) groups is 1. The first-order valence-electron chi connectivity index (χ1n) is 7.69. The van der Waals surface area contributed by atoms with Crippen LogP contribution in [0.3, 0.4) is 0 Å². The molecule has 0 radical (unpaired) electrons.